The van der Waals surface area contributed by atoms with Crippen LogP contribution in [0.3, 0.4) is 0 Å². The van der Waals surface area contributed by atoms with Crippen LogP contribution in [0, 0.1) is 0 Å². The number of alkyl halides is 1. The third-order valence-corrected chi connectivity index (χ3v) is 2.14. The zero-order valence-corrected chi connectivity index (χ0v) is 8.94. The Hall–Kier alpha value is -0.390. The van der Waals surface area contributed by atoms with Gasteiger partial charge in [0.2, 0.25) is 5.91 Å². The van der Waals surface area contributed by atoms with Gasteiger partial charge >= 0.3 is 0 Å². The largest absolute Gasteiger partial charge is 0.351 e. The van der Waals surface area contributed by atoms with Crippen LogP contribution in [0.1, 0.15) is 13.3 Å². The third kappa shape index (κ3) is 3.77. The molecule has 4 nitrogen and oxygen atoms in total. The van der Waals surface area contributed by atoms with Crippen LogP contribution in [0.5, 0.6) is 0 Å². The first-order valence-electron chi connectivity index (χ1n) is 4.51. The molecule has 0 aliphatic carbocycles. The number of carbonyl (C=O) groups is 1. The molecular formula is C8H17ClFN3O. The van der Waals surface area contributed by atoms with Gasteiger partial charge in [-0.15, -0.1) is 12.4 Å². The van der Waals surface area contributed by atoms with Crippen LogP contribution >= 0.6 is 12.4 Å². The van der Waals surface area contributed by atoms with Crippen molar-refractivity contribution in [3.8, 4) is 0 Å². The van der Waals surface area contributed by atoms with Gasteiger partial charge in [-0.3, -0.25) is 4.79 Å². The van der Waals surface area contributed by atoms with Gasteiger partial charge in [-0.2, -0.15) is 0 Å². The summed E-state index contributed by atoms with van der Waals surface area (Å²) in [5.41, 5.74) is 5.34. The summed E-state index contributed by atoms with van der Waals surface area (Å²) >= 11 is 0. The number of carbonyl (C=O) groups excluding carboxylic acids is 1. The van der Waals surface area contributed by atoms with Crippen molar-refractivity contribution >= 4 is 18.3 Å². The smallest absolute Gasteiger partial charge is 0.237 e. The predicted octanol–water partition coefficient (Wildman–Crippen LogP) is -0.428. The first kappa shape index (κ1) is 13.6. The number of halogens is 2. The highest BCUT2D eigenvalue weighted by molar-refractivity contribution is 5.85. The fraction of sp³-hybridized carbons (Fsp3) is 0.875. The topological polar surface area (TPSA) is 67.1 Å². The number of nitrogens with two attached hydrogens (primary N) is 1. The summed E-state index contributed by atoms with van der Waals surface area (Å²) in [6.45, 7) is 2.49. The Bertz CT molecular complexity index is 193. The highest BCUT2D eigenvalue weighted by Crippen LogP contribution is 2.09. The fourth-order valence-electron chi connectivity index (χ4n) is 1.29. The maximum Gasteiger partial charge on any atom is 0.237 e. The minimum absolute atomic E-state index is 0. The molecule has 14 heavy (non-hydrogen) atoms. The van der Waals surface area contributed by atoms with Gasteiger partial charge in [0, 0.05) is 25.6 Å². The zero-order valence-electron chi connectivity index (χ0n) is 8.13. The van der Waals surface area contributed by atoms with Crippen molar-refractivity contribution in [1.82, 2.24) is 10.6 Å². The SMILES string of the molecule is C[C@@H](CN)NC(=O)[C@H]1C[C@H](F)CN1.Cl. The van der Waals surface area contributed by atoms with Crippen molar-refractivity contribution in [3.05, 3.63) is 0 Å². The normalized spacial score (nSPS) is 27.9. The number of amides is 1. The molecule has 1 aliphatic heterocycles. The maximum absolute atomic E-state index is 12.7. The Morgan fingerprint density at radius 1 is 1.79 bits per heavy atom. The predicted molar refractivity (Wildman–Crippen MR) is 55.2 cm³/mol. The third-order valence-electron chi connectivity index (χ3n) is 2.14. The summed E-state index contributed by atoms with van der Waals surface area (Å²) in [5, 5.41) is 5.51. The summed E-state index contributed by atoms with van der Waals surface area (Å²) < 4.78 is 12.7. The molecule has 1 rings (SSSR count). The summed E-state index contributed by atoms with van der Waals surface area (Å²) in [6, 6.07) is -0.433. The van der Waals surface area contributed by atoms with Crippen molar-refractivity contribution in [2.75, 3.05) is 13.1 Å². The van der Waals surface area contributed by atoms with E-state index in [1.54, 1.807) is 0 Å². The number of hydrogen-bond donors (Lipinski definition) is 3. The summed E-state index contributed by atoms with van der Waals surface area (Å²) in [4.78, 5) is 11.4. The zero-order chi connectivity index (χ0) is 9.84. The van der Waals surface area contributed by atoms with E-state index in [1.807, 2.05) is 6.92 Å². The van der Waals surface area contributed by atoms with E-state index in [0.29, 0.717) is 6.54 Å². The highest BCUT2D eigenvalue weighted by Gasteiger charge is 2.29. The van der Waals surface area contributed by atoms with E-state index in [2.05, 4.69) is 10.6 Å². The first-order valence-corrected chi connectivity index (χ1v) is 4.51. The van der Waals surface area contributed by atoms with Crippen LogP contribution in [0.15, 0.2) is 0 Å². The van der Waals surface area contributed by atoms with E-state index in [9.17, 15) is 9.18 Å². The Labute approximate surface area is 89.2 Å². The molecular weight excluding hydrogens is 209 g/mol. The van der Waals surface area contributed by atoms with Crippen molar-refractivity contribution < 1.29 is 9.18 Å². The van der Waals surface area contributed by atoms with Crippen molar-refractivity contribution in [2.24, 2.45) is 5.73 Å². The molecule has 0 radical (unpaired) electrons. The van der Waals surface area contributed by atoms with Crippen LogP contribution in [0.2, 0.25) is 0 Å². The Morgan fingerprint density at radius 2 is 2.43 bits per heavy atom. The van der Waals surface area contributed by atoms with Crippen LogP contribution < -0.4 is 16.4 Å². The monoisotopic (exact) mass is 225 g/mol. The molecule has 0 spiro atoms. The second-order valence-electron chi connectivity index (χ2n) is 3.44. The molecule has 1 aliphatic rings. The lowest BCUT2D eigenvalue weighted by Gasteiger charge is -2.15. The molecule has 84 valence electrons. The van der Waals surface area contributed by atoms with Crippen molar-refractivity contribution in [3.63, 3.8) is 0 Å². The lowest BCUT2D eigenvalue weighted by Crippen LogP contribution is -2.46. The molecule has 3 atom stereocenters. The summed E-state index contributed by atoms with van der Waals surface area (Å²) in [5.74, 6) is -0.155. The van der Waals surface area contributed by atoms with Gasteiger partial charge in [0.15, 0.2) is 0 Å². The molecule has 4 N–H and O–H groups in total. The first-order chi connectivity index (χ1) is 6.13. The van der Waals surface area contributed by atoms with Gasteiger partial charge in [0.1, 0.15) is 6.17 Å². The van der Waals surface area contributed by atoms with Crippen LogP contribution in [0.4, 0.5) is 4.39 Å². The Kier molecular flexibility index (Phi) is 5.99. The van der Waals surface area contributed by atoms with Crippen molar-refractivity contribution in [1.29, 1.82) is 0 Å². The summed E-state index contributed by atoms with van der Waals surface area (Å²) in [6.07, 6.45) is -0.632. The van der Waals surface area contributed by atoms with Crippen LogP contribution in [0.25, 0.3) is 0 Å². The molecule has 6 heteroatoms. The van der Waals surface area contributed by atoms with E-state index in [4.69, 9.17) is 5.73 Å². The minimum atomic E-state index is -0.899. The lowest BCUT2D eigenvalue weighted by atomic mass is 10.2. The molecule has 1 saturated heterocycles. The van der Waals surface area contributed by atoms with Crippen LogP contribution in [-0.4, -0.2) is 37.3 Å². The Morgan fingerprint density at radius 3 is 2.86 bits per heavy atom. The lowest BCUT2D eigenvalue weighted by molar-refractivity contribution is -0.123. The van der Waals surface area contributed by atoms with E-state index in [1.165, 1.54) is 0 Å². The second kappa shape index (κ2) is 6.16. The van der Waals surface area contributed by atoms with E-state index < -0.39 is 6.17 Å². The molecule has 0 bridgehead atoms. The van der Waals surface area contributed by atoms with E-state index in [0.717, 1.165) is 0 Å². The molecule has 1 heterocycles. The van der Waals surface area contributed by atoms with E-state index >= 15 is 0 Å². The van der Waals surface area contributed by atoms with Gasteiger partial charge in [-0.05, 0) is 6.92 Å². The van der Waals surface area contributed by atoms with Gasteiger partial charge in [0.05, 0.1) is 6.04 Å². The molecule has 0 aromatic rings. The minimum Gasteiger partial charge on any atom is -0.351 e. The molecule has 0 saturated carbocycles. The Balaban J connectivity index is 0.00000169. The van der Waals surface area contributed by atoms with Gasteiger partial charge in [-0.1, -0.05) is 0 Å². The quantitative estimate of drug-likeness (QED) is 0.611. The molecule has 0 aromatic heterocycles. The molecule has 0 unspecified atom stereocenters. The van der Waals surface area contributed by atoms with E-state index in [-0.39, 0.29) is 43.4 Å². The van der Waals surface area contributed by atoms with Crippen LogP contribution in [-0.2, 0) is 4.79 Å². The van der Waals surface area contributed by atoms with Gasteiger partial charge in [0.25, 0.3) is 0 Å². The molecule has 1 amide bonds. The average molecular weight is 226 g/mol. The number of rotatable bonds is 3. The second-order valence-corrected chi connectivity index (χ2v) is 3.44. The van der Waals surface area contributed by atoms with Crippen molar-refractivity contribution in [2.45, 2.75) is 31.6 Å². The maximum atomic E-state index is 12.7. The number of hydrogen-bond acceptors (Lipinski definition) is 3. The van der Waals surface area contributed by atoms with Gasteiger partial charge in [-0.25, -0.2) is 4.39 Å². The standard InChI is InChI=1S/C8H16FN3O.ClH/c1-5(3-10)12-8(13)7-2-6(9)4-11-7;/h5-7,11H,2-4,10H2,1H3,(H,12,13);1H/t5-,6-,7+;/m0./s1. The molecule has 0 aromatic carbocycles. The number of nitrogens with one attached hydrogen (secondary N) is 2. The van der Waals surface area contributed by atoms with Gasteiger partial charge < -0.3 is 16.4 Å². The summed E-state index contributed by atoms with van der Waals surface area (Å²) in [7, 11) is 0. The highest BCUT2D eigenvalue weighted by atomic mass is 35.5. The average Bonchev–Trinajstić information content (AvgIpc) is 2.51. The molecule has 1 fully saturated rings. The fourth-order valence-corrected chi connectivity index (χ4v) is 1.29.